The van der Waals surface area contributed by atoms with E-state index in [2.05, 4.69) is 9.97 Å². The molecule has 2 aliphatic rings. The molecule has 0 saturated carbocycles. The first kappa shape index (κ1) is 31.7. The Kier molecular flexibility index (Phi) is 10.5. The smallest absolute Gasteiger partial charge is 0.351 e. The van der Waals surface area contributed by atoms with Crippen LogP contribution in [0.2, 0.25) is 0 Å². The van der Waals surface area contributed by atoms with E-state index in [0.717, 1.165) is 4.57 Å². The van der Waals surface area contributed by atoms with Crippen LogP contribution in [0.3, 0.4) is 0 Å². The van der Waals surface area contributed by atoms with Gasteiger partial charge in [-0.3, -0.25) is 13.7 Å². The lowest BCUT2D eigenvalue weighted by molar-refractivity contribution is -0.168. The van der Waals surface area contributed by atoms with Crippen molar-refractivity contribution in [1.29, 1.82) is 0 Å². The molecule has 0 aromatic carbocycles. The molecular weight excluding hydrogens is 563 g/mol. The topological polar surface area (TPSA) is 286 Å². The number of nitrogen functional groups attached to an aromatic ring is 2. The molecule has 40 heavy (non-hydrogen) atoms. The molecule has 0 amide bonds. The van der Waals surface area contributed by atoms with Crippen LogP contribution in [0, 0.1) is 0 Å². The molecule has 2 aliphatic heterocycles. The fourth-order valence-electron chi connectivity index (χ4n) is 3.99. The summed E-state index contributed by atoms with van der Waals surface area (Å²) in [6.07, 6.45) is -6.45. The van der Waals surface area contributed by atoms with Gasteiger partial charge in [-0.15, -0.1) is 0 Å². The zero-order valence-corrected chi connectivity index (χ0v) is 22.1. The first-order valence-electron chi connectivity index (χ1n) is 11.5. The van der Waals surface area contributed by atoms with Crippen molar-refractivity contribution < 1.29 is 53.4 Å². The van der Waals surface area contributed by atoms with E-state index in [9.17, 15) is 24.4 Å². The minimum atomic E-state index is -4.43. The Bertz CT molecular complexity index is 1300. The van der Waals surface area contributed by atoms with E-state index in [0.29, 0.717) is 0 Å². The first-order chi connectivity index (χ1) is 18.8. The number of aliphatic hydroxyl groups excluding tert-OH is 3. The Labute approximate surface area is 225 Å². The molecule has 0 radical (unpaired) electrons. The molecule has 0 aliphatic carbocycles. The van der Waals surface area contributed by atoms with E-state index in [1.165, 1.54) is 43.3 Å². The van der Waals surface area contributed by atoms with Crippen LogP contribution >= 0.6 is 7.60 Å². The van der Waals surface area contributed by atoms with Crippen LogP contribution in [0.4, 0.5) is 11.6 Å². The van der Waals surface area contributed by atoms with Crippen molar-refractivity contribution in [3.05, 3.63) is 45.5 Å². The van der Waals surface area contributed by atoms with Crippen molar-refractivity contribution in [2.45, 2.75) is 49.3 Å². The summed E-state index contributed by atoms with van der Waals surface area (Å²) in [6.45, 7) is -0.366. The number of hydrogen-bond acceptors (Lipinski definition) is 15. The highest BCUT2D eigenvalue weighted by Gasteiger charge is 2.47. The van der Waals surface area contributed by atoms with Crippen LogP contribution in [0.1, 0.15) is 12.5 Å². The molecule has 19 nitrogen and oxygen atoms in total. The minimum Gasteiger partial charge on any atom is -0.394 e. The van der Waals surface area contributed by atoms with Crippen molar-refractivity contribution in [3.63, 3.8) is 0 Å². The molecule has 2 aromatic rings. The van der Waals surface area contributed by atoms with Gasteiger partial charge >= 0.3 is 19.0 Å². The highest BCUT2D eigenvalue weighted by Crippen LogP contribution is 2.38. The summed E-state index contributed by atoms with van der Waals surface area (Å²) in [4.78, 5) is 48.2. The van der Waals surface area contributed by atoms with Gasteiger partial charge in [0.25, 0.3) is 0 Å². The third-order valence-corrected chi connectivity index (χ3v) is 6.35. The Hall–Kier alpha value is -2.81. The number of ether oxygens (including phenoxy) is 5. The van der Waals surface area contributed by atoms with Gasteiger partial charge in [-0.2, -0.15) is 9.97 Å². The van der Waals surface area contributed by atoms with Gasteiger partial charge in [0.2, 0.25) is 0 Å². The zero-order chi connectivity index (χ0) is 29.8. The Morgan fingerprint density at radius 1 is 0.925 bits per heavy atom. The van der Waals surface area contributed by atoms with Crippen molar-refractivity contribution >= 4 is 19.2 Å². The monoisotopic (exact) mass is 594 g/mol. The lowest BCUT2D eigenvalue weighted by Crippen LogP contribution is -2.37. The first-order valence-corrected chi connectivity index (χ1v) is 13.3. The molecule has 2 unspecified atom stereocenters. The van der Waals surface area contributed by atoms with Crippen LogP contribution < -0.4 is 22.8 Å². The number of anilines is 2. The van der Waals surface area contributed by atoms with Crippen molar-refractivity contribution in [3.8, 4) is 0 Å². The van der Waals surface area contributed by atoms with Gasteiger partial charge < -0.3 is 60.3 Å². The van der Waals surface area contributed by atoms with E-state index in [1.54, 1.807) is 0 Å². The summed E-state index contributed by atoms with van der Waals surface area (Å²) < 4.78 is 38.8. The quantitative estimate of drug-likeness (QED) is 0.145. The predicted molar refractivity (Wildman–Crippen MR) is 132 cm³/mol. The van der Waals surface area contributed by atoms with Gasteiger partial charge in [0.05, 0.1) is 6.61 Å². The average Bonchev–Trinajstić information content (AvgIpc) is 3.37. The summed E-state index contributed by atoms with van der Waals surface area (Å²) in [5.41, 5.74) is 9.44. The van der Waals surface area contributed by atoms with E-state index in [-0.39, 0.29) is 18.2 Å². The molecule has 20 heteroatoms. The summed E-state index contributed by atoms with van der Waals surface area (Å²) >= 11 is 0. The second-order valence-electron chi connectivity index (χ2n) is 8.57. The highest BCUT2D eigenvalue weighted by atomic mass is 31.2. The Balaban J connectivity index is 0.000000225. The third kappa shape index (κ3) is 7.28. The predicted octanol–water partition coefficient (Wildman–Crippen LogP) is -3.70. The van der Waals surface area contributed by atoms with E-state index < -0.39 is 74.6 Å². The van der Waals surface area contributed by atoms with Crippen molar-refractivity contribution in [2.75, 3.05) is 38.6 Å². The maximum Gasteiger partial charge on any atom is 0.351 e. The molecule has 0 bridgehead atoms. The SMILES string of the molecule is CO[C@@H]1C(O)[C@@H](CO)O[C@H]1n1ccc(N)nc1=O.CO[C@@H]1C(O)[C@@H](OCP(=O)(O)O)O[C@H]1n1ccc(N)nc1=O. The Morgan fingerprint density at radius 3 is 1.82 bits per heavy atom. The van der Waals surface area contributed by atoms with Gasteiger partial charge in [0.1, 0.15) is 42.2 Å². The standard InChI is InChI=1S/C10H16N3O8P.C10H15N3O5/c1-19-7-6(14)9(20-4-22(16,17)18)21-8(7)13-3-2-5(11)12-10(13)15;1-17-8-7(15)5(4-14)18-9(8)13-3-2-6(11)12-10(13)16/h2-3,6-9,14H,4H2,1H3,(H2,11,12,15)(H2,16,17,18);2-3,5,7-9,14-15H,4H2,1H3,(H2,11,12,16)/t6?,7-,8-,9+;5-,7?,8-,9-/m11/s1. The fraction of sp³-hybridized carbons (Fsp3) is 0.600. The summed E-state index contributed by atoms with van der Waals surface area (Å²) in [5.74, 6) is 0.116. The van der Waals surface area contributed by atoms with Gasteiger partial charge in [0.15, 0.2) is 25.1 Å². The van der Waals surface area contributed by atoms with E-state index in [4.69, 9.17) is 50.0 Å². The molecule has 224 valence electrons. The van der Waals surface area contributed by atoms with E-state index in [1.807, 2.05) is 0 Å². The number of nitrogens with zero attached hydrogens (tertiary/aromatic N) is 4. The van der Waals surface area contributed by atoms with Crippen LogP contribution in [0.15, 0.2) is 34.1 Å². The molecule has 2 aromatic heterocycles. The van der Waals surface area contributed by atoms with Gasteiger partial charge in [-0.05, 0) is 12.1 Å². The van der Waals surface area contributed by atoms with Crippen LogP contribution in [0.25, 0.3) is 0 Å². The highest BCUT2D eigenvalue weighted by molar-refractivity contribution is 7.51. The molecule has 0 spiro atoms. The Morgan fingerprint density at radius 2 is 1.40 bits per heavy atom. The van der Waals surface area contributed by atoms with Crippen LogP contribution in [0.5, 0.6) is 0 Å². The van der Waals surface area contributed by atoms with Crippen LogP contribution in [-0.4, -0.2) is 108 Å². The summed E-state index contributed by atoms with van der Waals surface area (Å²) in [5, 5.41) is 29.0. The largest absolute Gasteiger partial charge is 0.394 e. The molecular formula is C20H31N6O13P. The van der Waals surface area contributed by atoms with Crippen molar-refractivity contribution in [2.24, 2.45) is 0 Å². The van der Waals surface area contributed by atoms with Gasteiger partial charge in [-0.1, -0.05) is 0 Å². The number of rotatable bonds is 8. The number of aromatic nitrogens is 4. The molecule has 2 saturated heterocycles. The van der Waals surface area contributed by atoms with E-state index >= 15 is 0 Å². The number of hydrogen-bond donors (Lipinski definition) is 7. The second-order valence-corrected chi connectivity index (χ2v) is 10.2. The number of nitrogens with two attached hydrogens (primary N) is 2. The van der Waals surface area contributed by atoms with Crippen LogP contribution in [-0.2, 0) is 28.2 Å². The molecule has 4 rings (SSSR count). The summed E-state index contributed by atoms with van der Waals surface area (Å²) in [7, 11) is -1.76. The molecule has 8 atom stereocenters. The number of aliphatic hydroxyl groups is 3. The van der Waals surface area contributed by atoms with Gasteiger partial charge in [0, 0.05) is 26.6 Å². The molecule has 4 heterocycles. The fourth-order valence-corrected chi connectivity index (χ4v) is 4.34. The van der Waals surface area contributed by atoms with Crippen molar-refractivity contribution in [1.82, 2.24) is 19.1 Å². The summed E-state index contributed by atoms with van der Waals surface area (Å²) in [6, 6.07) is 2.80. The lowest BCUT2D eigenvalue weighted by atomic mass is 10.1. The number of methoxy groups -OCH3 is 2. The third-order valence-electron chi connectivity index (χ3n) is 5.87. The second kappa shape index (κ2) is 13.2. The van der Waals surface area contributed by atoms with Gasteiger partial charge in [-0.25, -0.2) is 9.59 Å². The average molecular weight is 594 g/mol. The lowest BCUT2D eigenvalue weighted by Gasteiger charge is -2.20. The maximum absolute atomic E-state index is 11.8. The zero-order valence-electron chi connectivity index (χ0n) is 21.2. The normalized spacial score (nSPS) is 30.2. The minimum absolute atomic E-state index is 0.0167. The molecule has 2 fully saturated rings. The molecule has 9 N–H and O–H groups in total. The maximum atomic E-state index is 11.8.